The molecule has 0 amide bonds. The Hall–Kier alpha value is -8.72. The zero-order chi connectivity index (χ0) is 77.7. The molecular formula is C88H104F8N16. The molecule has 592 valence electrons. The lowest BCUT2D eigenvalue weighted by Gasteiger charge is -2.53. The molecule has 9 aliphatic rings. The third kappa shape index (κ3) is 14.7. The van der Waals surface area contributed by atoms with Gasteiger partial charge < -0.3 is 42.6 Å². The number of anilines is 8. The Balaban J connectivity index is 0.924. The van der Waals surface area contributed by atoms with Gasteiger partial charge in [-0.2, -0.15) is 5.01 Å². The van der Waals surface area contributed by atoms with Gasteiger partial charge in [0.2, 0.25) is 0 Å². The van der Waals surface area contributed by atoms with Crippen molar-refractivity contribution in [3.05, 3.63) is 239 Å². The molecule has 5 heterocycles. The Morgan fingerprint density at radius 1 is 0.232 bits per heavy atom. The van der Waals surface area contributed by atoms with Crippen LogP contribution in [0.15, 0.2) is 194 Å². The van der Waals surface area contributed by atoms with Gasteiger partial charge in [0, 0.05) is 93.0 Å². The number of alkyl halides is 8. The smallest absolute Gasteiger partial charge is 0.165 e. The van der Waals surface area contributed by atoms with Gasteiger partial charge in [-0.05, 0) is 165 Å². The van der Waals surface area contributed by atoms with Crippen molar-refractivity contribution >= 4 is 45.5 Å². The van der Waals surface area contributed by atoms with E-state index in [1.54, 1.807) is 0 Å². The molecule has 4 aliphatic carbocycles. The van der Waals surface area contributed by atoms with E-state index in [1.807, 2.05) is 65.8 Å². The van der Waals surface area contributed by atoms with Crippen LogP contribution in [0, 0.1) is 103 Å². The number of aryl methyl sites for hydroxylation is 8. The van der Waals surface area contributed by atoms with Gasteiger partial charge in [-0.1, -0.05) is 142 Å². The van der Waals surface area contributed by atoms with Crippen LogP contribution in [0.5, 0.6) is 0 Å². The monoisotopic (exact) mass is 1540 g/mol. The number of nitrogens with one attached hydrogen (secondary N) is 15. The number of halogens is 8. The van der Waals surface area contributed by atoms with Gasteiger partial charge in [-0.15, -0.1) is 0 Å². The molecular weight excluding hydrogens is 1430 g/mol. The number of hydrogen-bond donors (Lipinski definition) is 15. The van der Waals surface area contributed by atoms with Crippen LogP contribution < -0.4 is 79.9 Å². The molecule has 8 bridgehead atoms. The topological polar surface area (TPSA) is 184 Å². The van der Waals surface area contributed by atoms with E-state index in [4.69, 9.17) is 0 Å². The van der Waals surface area contributed by atoms with Crippen molar-refractivity contribution < 1.29 is 35.1 Å². The minimum atomic E-state index is -2.92. The van der Waals surface area contributed by atoms with E-state index in [1.165, 1.54) is 0 Å². The minimum absolute atomic E-state index is 0.390. The summed E-state index contributed by atoms with van der Waals surface area (Å²) in [6.07, 6.45) is -30.9. The molecule has 31 atom stereocenters. The highest BCUT2D eigenvalue weighted by molar-refractivity contribution is 5.58. The highest BCUT2D eigenvalue weighted by Gasteiger charge is 2.69. The highest BCUT2D eigenvalue weighted by Crippen LogP contribution is 2.53. The van der Waals surface area contributed by atoms with E-state index in [9.17, 15) is 0 Å². The van der Waals surface area contributed by atoms with Crippen LogP contribution in [0.25, 0.3) is 0 Å². The SMILES string of the molecule is Cc1ccc(NC2CC3C4NC(NC5C6C(Nc7ccc(C)cc7)C(Nc7ccc(C)cc7)C(Nc7ccc(C)cc7)C(Nc7ccc(C)cc7)C6C(NC6NC(NC7NC(N4)C4C(F)C(F)C(F)C(F)C74)C4C(F)C(F)C(F)C(F)C64)N5Nc4ccc(C)cc4)C3C(Nc3ccc(C)cc3)C2Nc2ccc(C)cc2)cc1. The summed E-state index contributed by atoms with van der Waals surface area (Å²) in [6.45, 7) is 16.3. The van der Waals surface area contributed by atoms with Gasteiger partial charge in [0.25, 0.3) is 0 Å². The summed E-state index contributed by atoms with van der Waals surface area (Å²) < 4.78 is 138. The number of rotatable bonds is 16. The third-order valence-electron chi connectivity index (χ3n) is 26.1. The first kappa shape index (κ1) is 75.9. The van der Waals surface area contributed by atoms with Crippen molar-refractivity contribution in [3.8, 4) is 0 Å². The van der Waals surface area contributed by atoms with Gasteiger partial charge in [-0.25, -0.2) is 35.1 Å². The van der Waals surface area contributed by atoms with Crippen molar-refractivity contribution in [3.63, 3.8) is 0 Å². The van der Waals surface area contributed by atoms with Gasteiger partial charge in [0.1, 0.15) is 24.7 Å². The fraction of sp³-hybridized carbons (Fsp3) is 0.455. The number of fused-ring (bicyclic) bond motifs is 20. The van der Waals surface area contributed by atoms with Crippen molar-refractivity contribution in [2.24, 2.45) is 47.3 Å². The van der Waals surface area contributed by atoms with Crippen molar-refractivity contribution in [2.75, 3.05) is 42.6 Å². The average Bonchev–Trinajstić information content (AvgIpc) is 1.54. The lowest BCUT2D eigenvalue weighted by atomic mass is 9.66. The second-order valence-corrected chi connectivity index (χ2v) is 33.6. The molecule has 9 fully saturated rings. The zero-order valence-electron chi connectivity index (χ0n) is 64.1. The first-order chi connectivity index (χ1) is 54.0. The number of nitrogens with zero attached hydrogens (tertiary/aromatic N) is 1. The second kappa shape index (κ2) is 31.2. The van der Waals surface area contributed by atoms with E-state index in [0.717, 1.165) is 84.3 Å². The summed E-state index contributed by atoms with van der Waals surface area (Å²) in [6, 6.07) is 62.2. The standard InChI is InChI=1S/C88H104F8N16/c1-42-9-25-50(26-10-42)97-59-41-58-60(76(99-52-29-13-44(3)14-30-52)75(59)98-51-27-11-43(2)12-28-51)82-104-81(58)105-83-61-62(68(90)72(94)71(93)67(61)89)84(106-83)107-85-63-64(70(92)74(96)73(95)69(63)91)86(108-85)110-88-66-65(87(109-82)112(88)111-57-39-23-49(8)24-40-57)77(100-53-31-15-45(4)16-32-53)79(102-55-35-19-47(6)20-36-55)80(103-56-37-21-48(7)22-38-56)78(66)101-54-33-17-46(5)18-34-54/h9-40,58-88,97-111H,41H2,1-8H3. The number of hydrazine groups is 1. The highest BCUT2D eigenvalue weighted by atomic mass is 19.2. The molecule has 5 aliphatic heterocycles. The van der Waals surface area contributed by atoms with E-state index in [0.29, 0.717) is 12.1 Å². The van der Waals surface area contributed by atoms with Crippen molar-refractivity contribution in [1.29, 1.82) is 0 Å². The first-order valence-corrected chi connectivity index (χ1v) is 39.9. The Morgan fingerprint density at radius 3 is 0.750 bits per heavy atom. The normalized spacial score (nSPS) is 37.9. The summed E-state index contributed by atoms with van der Waals surface area (Å²) in [5.41, 5.74) is 18.9. The maximum atomic E-state index is 18.1. The molecule has 8 aromatic rings. The quantitative estimate of drug-likeness (QED) is 0.0410. The maximum Gasteiger partial charge on any atom is 0.165 e. The van der Waals surface area contributed by atoms with E-state index >= 15 is 35.1 Å². The summed E-state index contributed by atoms with van der Waals surface area (Å²) in [5.74, 6) is -8.92. The second-order valence-electron chi connectivity index (χ2n) is 33.6. The van der Waals surface area contributed by atoms with Crippen molar-refractivity contribution in [2.45, 2.75) is 203 Å². The summed E-state index contributed by atoms with van der Waals surface area (Å²) in [5, 5.41) is 57.5. The predicted molar refractivity (Wildman–Crippen MR) is 431 cm³/mol. The summed E-state index contributed by atoms with van der Waals surface area (Å²) >= 11 is 0. The number of hydrogen-bond acceptors (Lipinski definition) is 16. The summed E-state index contributed by atoms with van der Waals surface area (Å²) in [7, 11) is 0. The van der Waals surface area contributed by atoms with Crippen LogP contribution in [-0.4, -0.2) is 146 Å². The first-order valence-electron chi connectivity index (χ1n) is 39.9. The van der Waals surface area contributed by atoms with Gasteiger partial charge in [0.15, 0.2) is 24.7 Å². The van der Waals surface area contributed by atoms with Gasteiger partial charge >= 0.3 is 0 Å². The van der Waals surface area contributed by atoms with Crippen molar-refractivity contribution in [1.82, 2.24) is 42.2 Å². The fourth-order valence-corrected chi connectivity index (χ4v) is 20.4. The molecule has 17 rings (SSSR count). The molecule has 16 nitrogen and oxygen atoms in total. The molecule has 15 N–H and O–H groups in total. The molecule has 5 saturated heterocycles. The molecule has 24 heteroatoms. The lowest BCUT2D eigenvalue weighted by molar-refractivity contribution is -0.0875. The van der Waals surface area contributed by atoms with Crippen LogP contribution in [0.4, 0.5) is 80.6 Å². The zero-order valence-corrected chi connectivity index (χ0v) is 64.1. The van der Waals surface area contributed by atoms with Gasteiger partial charge in [0.05, 0.1) is 85.6 Å². The van der Waals surface area contributed by atoms with Crippen LogP contribution >= 0.6 is 0 Å². The Kier molecular flexibility index (Phi) is 21.2. The molecule has 112 heavy (non-hydrogen) atoms. The van der Waals surface area contributed by atoms with Crippen LogP contribution in [0.1, 0.15) is 50.9 Å². The third-order valence-corrected chi connectivity index (χ3v) is 26.1. The summed E-state index contributed by atoms with van der Waals surface area (Å²) in [4.78, 5) is 0. The van der Waals surface area contributed by atoms with Crippen LogP contribution in [0.2, 0.25) is 0 Å². The van der Waals surface area contributed by atoms with E-state index < -0.39 is 182 Å². The van der Waals surface area contributed by atoms with E-state index in [2.05, 4.69) is 269 Å². The predicted octanol–water partition coefficient (Wildman–Crippen LogP) is 14.0. The maximum absolute atomic E-state index is 18.1. The molecule has 31 unspecified atom stereocenters. The fourth-order valence-electron chi connectivity index (χ4n) is 20.4. The molecule has 4 saturated carbocycles. The largest absolute Gasteiger partial charge is 0.380 e. The minimum Gasteiger partial charge on any atom is -0.380 e. The van der Waals surface area contributed by atoms with Gasteiger partial charge in [-0.3, -0.25) is 37.2 Å². The van der Waals surface area contributed by atoms with Crippen LogP contribution in [-0.2, 0) is 0 Å². The lowest BCUT2D eigenvalue weighted by Crippen LogP contribution is -2.71. The average molecular weight is 1540 g/mol. The molecule has 0 aromatic heterocycles. The Labute approximate surface area is 651 Å². The molecule has 0 spiro atoms. The Bertz CT molecular complexity index is 4510. The van der Waals surface area contributed by atoms with E-state index in [-0.39, 0.29) is 6.04 Å². The molecule has 8 aromatic carbocycles. The number of benzene rings is 8. The molecule has 0 radical (unpaired) electrons. The van der Waals surface area contributed by atoms with Crippen LogP contribution in [0.3, 0.4) is 0 Å². The Morgan fingerprint density at radius 2 is 0.455 bits per heavy atom.